The Hall–Kier alpha value is -2.31. The first-order chi connectivity index (χ1) is 12.1. The molecule has 1 aromatic heterocycles. The van der Waals surface area contributed by atoms with Crippen LogP contribution in [0.2, 0.25) is 0 Å². The van der Waals surface area contributed by atoms with Gasteiger partial charge in [-0.3, -0.25) is 0 Å². The Bertz CT molecular complexity index is 1150. The Morgan fingerprint density at radius 2 is 1.54 bits per heavy atom. The Morgan fingerprint density at radius 1 is 0.885 bits per heavy atom. The van der Waals surface area contributed by atoms with E-state index in [1.807, 2.05) is 0 Å². The highest BCUT2D eigenvalue weighted by Crippen LogP contribution is 2.31. The molecule has 26 heavy (non-hydrogen) atoms. The van der Waals surface area contributed by atoms with Crippen molar-refractivity contribution in [2.24, 2.45) is 10.3 Å². The lowest BCUT2D eigenvalue weighted by Gasteiger charge is -2.05. The van der Waals surface area contributed by atoms with E-state index in [4.69, 9.17) is 10.3 Å². The van der Waals surface area contributed by atoms with E-state index in [-0.39, 0.29) is 9.79 Å². The minimum Gasteiger partial charge on any atom is -0.332 e. The third-order valence-electron chi connectivity index (χ3n) is 3.41. The molecule has 0 spiro atoms. The number of nitrogens with two attached hydrogens (primary N) is 2. The third kappa shape index (κ3) is 4.08. The fourth-order valence-corrected chi connectivity index (χ4v) is 4.23. The molecule has 1 heterocycles. The van der Waals surface area contributed by atoms with Gasteiger partial charge in [0, 0.05) is 16.6 Å². The van der Waals surface area contributed by atoms with E-state index in [0.717, 1.165) is 0 Å². The number of benzene rings is 2. The molecular formula is C15H14N4O4S3. The number of hydrogen-bond donors (Lipinski definition) is 3. The van der Waals surface area contributed by atoms with E-state index < -0.39 is 20.0 Å². The molecule has 0 aliphatic rings. The molecule has 3 rings (SSSR count). The minimum atomic E-state index is -3.87. The van der Waals surface area contributed by atoms with Gasteiger partial charge in [0.1, 0.15) is 0 Å². The molecule has 11 heteroatoms. The van der Waals surface area contributed by atoms with Crippen molar-refractivity contribution >= 4 is 42.2 Å². The zero-order valence-corrected chi connectivity index (χ0v) is 15.6. The van der Waals surface area contributed by atoms with E-state index in [0.29, 0.717) is 22.1 Å². The molecule has 8 nitrogen and oxygen atoms in total. The van der Waals surface area contributed by atoms with Crippen LogP contribution in [0, 0.1) is 0 Å². The fourth-order valence-electron chi connectivity index (χ4n) is 2.23. The van der Waals surface area contributed by atoms with Crippen molar-refractivity contribution in [2.75, 3.05) is 5.32 Å². The second-order valence-corrected chi connectivity index (χ2v) is 9.22. The predicted molar refractivity (Wildman–Crippen MR) is 100 cm³/mol. The van der Waals surface area contributed by atoms with Crippen LogP contribution in [0.4, 0.5) is 10.8 Å². The lowest BCUT2D eigenvalue weighted by Crippen LogP contribution is -2.13. The van der Waals surface area contributed by atoms with Crippen LogP contribution < -0.4 is 15.6 Å². The van der Waals surface area contributed by atoms with Crippen molar-refractivity contribution < 1.29 is 16.8 Å². The predicted octanol–water partition coefficient (Wildman–Crippen LogP) is 1.85. The smallest absolute Gasteiger partial charge is 0.238 e. The van der Waals surface area contributed by atoms with E-state index in [9.17, 15) is 16.8 Å². The highest BCUT2D eigenvalue weighted by atomic mass is 32.2. The molecule has 0 saturated heterocycles. The van der Waals surface area contributed by atoms with Crippen molar-refractivity contribution in [1.29, 1.82) is 0 Å². The number of thiazole rings is 1. The Balaban J connectivity index is 1.88. The summed E-state index contributed by atoms with van der Waals surface area (Å²) in [6.07, 6.45) is 0. The summed E-state index contributed by atoms with van der Waals surface area (Å²) in [5, 5.41) is 15.5. The zero-order valence-electron chi connectivity index (χ0n) is 13.2. The molecular weight excluding hydrogens is 396 g/mol. The molecule has 0 unspecified atom stereocenters. The van der Waals surface area contributed by atoms with Crippen LogP contribution in [-0.4, -0.2) is 21.8 Å². The van der Waals surface area contributed by atoms with Gasteiger partial charge in [-0.15, -0.1) is 11.3 Å². The highest BCUT2D eigenvalue weighted by Gasteiger charge is 2.16. The first-order valence-electron chi connectivity index (χ1n) is 7.12. The van der Waals surface area contributed by atoms with Crippen LogP contribution >= 0.6 is 11.3 Å². The standard InChI is InChI=1S/C15H14N4O4S3/c16-25(20,21)11-7-5-10(6-8-11)18-15-19-13(9-24-15)12-3-1-2-4-14(12)26(17,22)23/h1-9H,(H,18,19)(H2,16,20,21)(H2,17,22,23). The Morgan fingerprint density at radius 3 is 2.15 bits per heavy atom. The molecule has 5 N–H and O–H groups in total. The third-order valence-corrected chi connectivity index (χ3v) is 6.06. The maximum Gasteiger partial charge on any atom is 0.238 e. The summed E-state index contributed by atoms with van der Waals surface area (Å²) in [6.45, 7) is 0. The summed E-state index contributed by atoms with van der Waals surface area (Å²) in [4.78, 5) is 4.36. The normalized spacial score (nSPS) is 12.1. The van der Waals surface area contributed by atoms with E-state index >= 15 is 0 Å². The summed E-state index contributed by atoms with van der Waals surface area (Å²) in [5.74, 6) is 0. The van der Waals surface area contributed by atoms with Crippen molar-refractivity contribution in [3.8, 4) is 11.3 Å². The van der Waals surface area contributed by atoms with Gasteiger partial charge in [0.05, 0.1) is 15.5 Å². The molecule has 0 atom stereocenters. The van der Waals surface area contributed by atoms with Gasteiger partial charge in [0.2, 0.25) is 20.0 Å². The topological polar surface area (TPSA) is 145 Å². The first kappa shape index (κ1) is 18.5. The maximum atomic E-state index is 11.7. The summed E-state index contributed by atoms with van der Waals surface area (Å²) in [7, 11) is -7.63. The molecule has 0 aliphatic heterocycles. The van der Waals surface area contributed by atoms with Gasteiger partial charge in [-0.2, -0.15) is 0 Å². The summed E-state index contributed by atoms with van der Waals surface area (Å²) >= 11 is 1.27. The van der Waals surface area contributed by atoms with Crippen LogP contribution in [0.5, 0.6) is 0 Å². The average Bonchev–Trinajstić information content (AvgIpc) is 3.02. The number of anilines is 2. The molecule has 0 amide bonds. The molecule has 0 aliphatic carbocycles. The van der Waals surface area contributed by atoms with Gasteiger partial charge in [0.15, 0.2) is 5.13 Å². The quantitative estimate of drug-likeness (QED) is 0.585. The number of nitrogens with zero attached hydrogens (tertiary/aromatic N) is 1. The molecule has 0 fully saturated rings. The lowest BCUT2D eigenvalue weighted by atomic mass is 10.2. The SMILES string of the molecule is NS(=O)(=O)c1ccc(Nc2nc(-c3ccccc3S(N)(=O)=O)cs2)cc1. The molecule has 0 radical (unpaired) electrons. The van der Waals surface area contributed by atoms with E-state index in [2.05, 4.69) is 10.3 Å². The summed E-state index contributed by atoms with van der Waals surface area (Å²) < 4.78 is 46.0. The molecule has 0 saturated carbocycles. The van der Waals surface area contributed by atoms with Crippen molar-refractivity contribution in [3.05, 3.63) is 53.9 Å². The average molecular weight is 411 g/mol. The lowest BCUT2D eigenvalue weighted by molar-refractivity contribution is 0.596. The maximum absolute atomic E-state index is 11.7. The Kier molecular flexibility index (Phi) is 4.82. The highest BCUT2D eigenvalue weighted by molar-refractivity contribution is 7.89. The van der Waals surface area contributed by atoms with Crippen LogP contribution in [0.15, 0.2) is 63.7 Å². The number of nitrogens with one attached hydrogen (secondary N) is 1. The fraction of sp³-hybridized carbons (Fsp3) is 0. The number of hydrogen-bond acceptors (Lipinski definition) is 7. The summed E-state index contributed by atoms with van der Waals surface area (Å²) in [6, 6.07) is 12.2. The van der Waals surface area contributed by atoms with Crippen molar-refractivity contribution in [3.63, 3.8) is 0 Å². The van der Waals surface area contributed by atoms with Crippen LogP contribution in [0.25, 0.3) is 11.3 Å². The van der Waals surface area contributed by atoms with Gasteiger partial charge >= 0.3 is 0 Å². The number of aromatic nitrogens is 1. The van der Waals surface area contributed by atoms with Gasteiger partial charge in [-0.1, -0.05) is 18.2 Å². The molecule has 0 bridgehead atoms. The van der Waals surface area contributed by atoms with Gasteiger partial charge < -0.3 is 5.32 Å². The molecule has 136 valence electrons. The van der Waals surface area contributed by atoms with Crippen LogP contribution in [0.1, 0.15) is 0 Å². The van der Waals surface area contributed by atoms with Crippen LogP contribution in [-0.2, 0) is 20.0 Å². The number of primary sulfonamides is 2. The van der Waals surface area contributed by atoms with Gasteiger partial charge in [-0.25, -0.2) is 32.1 Å². The van der Waals surface area contributed by atoms with E-state index in [1.54, 1.807) is 35.7 Å². The van der Waals surface area contributed by atoms with Crippen LogP contribution in [0.3, 0.4) is 0 Å². The summed E-state index contributed by atoms with van der Waals surface area (Å²) in [5.41, 5.74) is 1.48. The van der Waals surface area contributed by atoms with Crippen molar-refractivity contribution in [2.45, 2.75) is 9.79 Å². The van der Waals surface area contributed by atoms with E-state index in [1.165, 1.54) is 29.5 Å². The largest absolute Gasteiger partial charge is 0.332 e. The first-order valence-corrected chi connectivity index (χ1v) is 11.1. The van der Waals surface area contributed by atoms with Gasteiger partial charge in [-0.05, 0) is 30.3 Å². The molecule has 3 aromatic rings. The zero-order chi connectivity index (χ0) is 18.9. The second-order valence-electron chi connectivity index (χ2n) is 5.27. The van der Waals surface area contributed by atoms with Gasteiger partial charge in [0.25, 0.3) is 0 Å². The molecule has 2 aromatic carbocycles. The number of rotatable bonds is 5. The number of sulfonamides is 2. The van der Waals surface area contributed by atoms with Crippen molar-refractivity contribution in [1.82, 2.24) is 4.98 Å². The minimum absolute atomic E-state index is 0.00459. The Labute approximate surface area is 154 Å². The second kappa shape index (κ2) is 6.78. The monoisotopic (exact) mass is 410 g/mol.